The molecular weight excluding hydrogens is 278 g/mol. The molecule has 0 aliphatic carbocycles. The van der Waals surface area contributed by atoms with E-state index in [0.717, 1.165) is 13.8 Å². The van der Waals surface area contributed by atoms with Gasteiger partial charge in [0.05, 0.1) is 11.6 Å². The summed E-state index contributed by atoms with van der Waals surface area (Å²) in [6, 6.07) is 0. The maximum atomic E-state index is 9.66. The molecule has 3 N–H and O–H groups in total. The fraction of sp³-hybridized carbons (Fsp3) is 0.889. The van der Waals surface area contributed by atoms with Crippen molar-refractivity contribution in [2.45, 2.75) is 53.2 Å². The minimum atomic E-state index is -1.69. The molecule has 0 saturated carbocycles. The van der Waals surface area contributed by atoms with Crippen molar-refractivity contribution in [3.63, 3.8) is 0 Å². The van der Waals surface area contributed by atoms with Crippen LogP contribution < -0.4 is 10.8 Å². The third kappa shape index (κ3) is 40.0. The zero-order valence-corrected chi connectivity index (χ0v) is 10.1. The molecule has 0 radical (unpaired) electrons. The number of carbonyl (C=O) groups is 1. The van der Waals surface area contributed by atoms with Crippen LogP contribution in [0, 0.1) is 0 Å². The van der Waals surface area contributed by atoms with Gasteiger partial charge < -0.3 is 20.7 Å². The van der Waals surface area contributed by atoms with E-state index in [-0.39, 0.29) is 35.3 Å². The Kier molecular flexibility index (Phi) is 14.3. The molecule has 0 aliphatic heterocycles. The molecule has 0 spiro atoms. The fourth-order valence-electron chi connectivity index (χ4n) is 0. The van der Waals surface area contributed by atoms with E-state index in [2.05, 4.69) is 0 Å². The molecule has 0 heterocycles. The van der Waals surface area contributed by atoms with Gasteiger partial charge in [-0.1, -0.05) is 7.43 Å². The van der Waals surface area contributed by atoms with Crippen LogP contribution in [0.25, 0.3) is 0 Å². The number of carboxylic acid groups (broad SMARTS) is 1. The van der Waals surface area contributed by atoms with Crippen molar-refractivity contribution in [2.24, 2.45) is 5.73 Å². The average Bonchev–Trinajstić information content (AvgIpc) is 1.55. The molecule has 0 aliphatic rings. The predicted octanol–water partition coefficient (Wildman–Crippen LogP) is -0.116. The zero-order valence-electron chi connectivity index (χ0n) is 8.64. The predicted molar refractivity (Wildman–Crippen MR) is 52.0 cm³/mol. The summed E-state index contributed by atoms with van der Waals surface area (Å²) in [6.45, 7) is 8.21. The number of carbonyl (C=O) groups excluding carboxylic acids is 1. The summed E-state index contributed by atoms with van der Waals surface area (Å²) < 4.78 is 0. The maximum Gasteiger partial charge on any atom is 1.00 e. The molecule has 0 aromatic rings. The van der Waals surface area contributed by atoms with E-state index in [1.54, 1.807) is 0 Å². The van der Waals surface area contributed by atoms with Gasteiger partial charge in [0.25, 0.3) is 0 Å². The molecule has 14 heavy (non-hydrogen) atoms. The zero-order chi connectivity index (χ0) is 10.6. The van der Waals surface area contributed by atoms with Crippen molar-refractivity contribution in [2.75, 3.05) is 0 Å². The topological polar surface area (TPSA) is 86.4 Å². The standard InChI is InChI=1S/C4H11N.C4H8O3.CH4.Ag/c1-4(2,3)5;1-4(2,7)3(5)6;;/h5H2,1-3H3;7H,1-2H3,(H,5,6);1H4;/q;;;+1/p-1. The van der Waals surface area contributed by atoms with Crippen LogP contribution in [0.15, 0.2) is 0 Å². The third-order valence-corrected chi connectivity index (χ3v) is 0.500. The van der Waals surface area contributed by atoms with Gasteiger partial charge in [0.1, 0.15) is 0 Å². The number of rotatable bonds is 1. The van der Waals surface area contributed by atoms with Gasteiger partial charge in [0.15, 0.2) is 0 Å². The molecule has 92 valence electrons. The van der Waals surface area contributed by atoms with Crippen LogP contribution in [0.1, 0.15) is 42.0 Å². The molecule has 0 unspecified atom stereocenters. The van der Waals surface area contributed by atoms with Gasteiger partial charge in [-0.3, -0.25) is 0 Å². The summed E-state index contributed by atoms with van der Waals surface area (Å²) in [5.41, 5.74) is 3.66. The molecule has 0 rings (SSSR count). The molecule has 0 amide bonds. The van der Waals surface area contributed by atoms with Crippen LogP contribution in [-0.4, -0.2) is 22.2 Å². The van der Waals surface area contributed by atoms with E-state index >= 15 is 0 Å². The summed E-state index contributed by atoms with van der Waals surface area (Å²) in [7, 11) is 0. The summed E-state index contributed by atoms with van der Waals surface area (Å²) >= 11 is 0. The molecule has 0 bridgehead atoms. The molecule has 4 nitrogen and oxygen atoms in total. The quantitative estimate of drug-likeness (QED) is 0.661. The van der Waals surface area contributed by atoms with Gasteiger partial charge in [-0.25, -0.2) is 0 Å². The maximum absolute atomic E-state index is 9.66. The average molecular weight is 300 g/mol. The third-order valence-electron chi connectivity index (χ3n) is 0.500. The van der Waals surface area contributed by atoms with E-state index in [9.17, 15) is 9.90 Å². The Morgan fingerprint density at radius 3 is 1.29 bits per heavy atom. The Hall–Kier alpha value is 0.130. The number of aliphatic hydroxyl groups is 1. The first kappa shape index (κ1) is 23.7. The molecule has 0 atom stereocenters. The van der Waals surface area contributed by atoms with Gasteiger partial charge in [0, 0.05) is 5.54 Å². The van der Waals surface area contributed by atoms with Gasteiger partial charge >= 0.3 is 22.4 Å². The van der Waals surface area contributed by atoms with Gasteiger partial charge in [-0.2, -0.15) is 0 Å². The second kappa shape index (κ2) is 8.44. The van der Waals surface area contributed by atoms with Crippen LogP contribution >= 0.6 is 0 Å². The second-order valence-corrected chi connectivity index (χ2v) is 4.21. The Labute approximate surface area is 102 Å². The van der Waals surface area contributed by atoms with Crippen LogP contribution in [0.2, 0.25) is 0 Å². The Bertz CT molecular complexity index is 141. The second-order valence-electron chi connectivity index (χ2n) is 4.21. The van der Waals surface area contributed by atoms with Crippen molar-refractivity contribution < 1.29 is 37.4 Å². The summed E-state index contributed by atoms with van der Waals surface area (Å²) in [5, 5.41) is 18.1. The normalized spacial score (nSPS) is 9.93. The minimum Gasteiger partial charge on any atom is -0.547 e. The summed E-state index contributed by atoms with van der Waals surface area (Å²) in [5.74, 6) is -1.45. The van der Waals surface area contributed by atoms with E-state index in [1.165, 1.54) is 0 Å². The number of hydrogen-bond donors (Lipinski definition) is 2. The largest absolute Gasteiger partial charge is 1.00 e. The van der Waals surface area contributed by atoms with E-state index in [0.29, 0.717) is 0 Å². The number of carboxylic acids is 1. The van der Waals surface area contributed by atoms with Gasteiger partial charge in [0.2, 0.25) is 0 Å². The first-order valence-corrected chi connectivity index (χ1v) is 3.67. The molecule has 0 aromatic carbocycles. The summed E-state index contributed by atoms with van der Waals surface area (Å²) in [6.07, 6.45) is 0. The van der Waals surface area contributed by atoms with Crippen LogP contribution in [-0.2, 0) is 27.2 Å². The van der Waals surface area contributed by atoms with Crippen LogP contribution in [0.4, 0.5) is 0 Å². The number of aliphatic carboxylic acids is 1. The van der Waals surface area contributed by atoms with Crippen molar-refractivity contribution in [1.82, 2.24) is 0 Å². The van der Waals surface area contributed by atoms with Crippen molar-refractivity contribution >= 4 is 5.97 Å². The monoisotopic (exact) mass is 299 g/mol. The molecular formula is C9H22AgNO3. The van der Waals surface area contributed by atoms with Gasteiger partial charge in [-0.05, 0) is 34.6 Å². The van der Waals surface area contributed by atoms with Crippen LogP contribution in [0.5, 0.6) is 0 Å². The SMILES string of the molecule is C.CC(C)(C)N.CC(C)(O)C(=O)[O-].[Ag+]. The van der Waals surface area contributed by atoms with Crippen molar-refractivity contribution in [3.05, 3.63) is 0 Å². The molecule has 0 aromatic heterocycles. The van der Waals surface area contributed by atoms with Crippen LogP contribution in [0.3, 0.4) is 0 Å². The van der Waals surface area contributed by atoms with E-state index in [1.807, 2.05) is 20.8 Å². The first-order valence-electron chi connectivity index (χ1n) is 3.67. The molecule has 0 saturated heterocycles. The number of nitrogens with two attached hydrogens (primary N) is 1. The Morgan fingerprint density at radius 1 is 1.21 bits per heavy atom. The molecule has 5 heteroatoms. The minimum absolute atomic E-state index is 0. The van der Waals surface area contributed by atoms with Crippen molar-refractivity contribution in [1.29, 1.82) is 0 Å². The van der Waals surface area contributed by atoms with E-state index < -0.39 is 11.6 Å². The Balaban J connectivity index is -0.0000000651. The summed E-state index contributed by atoms with van der Waals surface area (Å²) in [4.78, 5) is 9.66. The Morgan fingerprint density at radius 2 is 1.29 bits per heavy atom. The smallest absolute Gasteiger partial charge is 0.547 e. The number of hydrogen-bond acceptors (Lipinski definition) is 4. The molecule has 0 fully saturated rings. The van der Waals surface area contributed by atoms with Crippen molar-refractivity contribution in [3.8, 4) is 0 Å². The first-order chi connectivity index (χ1) is 4.94. The van der Waals surface area contributed by atoms with Gasteiger partial charge in [-0.15, -0.1) is 0 Å². The van der Waals surface area contributed by atoms with E-state index in [4.69, 9.17) is 10.8 Å². The fourth-order valence-corrected chi connectivity index (χ4v) is 0.